The molecule has 1 aromatic rings. The zero-order chi connectivity index (χ0) is 14.5. The van der Waals surface area contributed by atoms with E-state index < -0.39 is 12.0 Å². The van der Waals surface area contributed by atoms with Crippen molar-refractivity contribution in [2.24, 2.45) is 0 Å². The summed E-state index contributed by atoms with van der Waals surface area (Å²) in [5.41, 5.74) is 1.09. The Labute approximate surface area is 119 Å². The van der Waals surface area contributed by atoms with Gasteiger partial charge in [0.2, 0.25) is 0 Å². The standard InChI is InChI=1S/C15H22N2O3/c1-3-20-14-7-5-4-6-13(14)17-10-8-16(9-11-17)12(2)15(18)19/h4-7,12H,3,8-11H2,1-2H3,(H,18,19). The molecule has 0 spiro atoms. The molecule has 1 heterocycles. The summed E-state index contributed by atoms with van der Waals surface area (Å²) < 4.78 is 5.65. The lowest BCUT2D eigenvalue weighted by atomic mass is 10.2. The van der Waals surface area contributed by atoms with Crippen LogP contribution >= 0.6 is 0 Å². The van der Waals surface area contributed by atoms with Gasteiger partial charge in [0.25, 0.3) is 0 Å². The first kappa shape index (κ1) is 14.7. The molecule has 1 fully saturated rings. The van der Waals surface area contributed by atoms with Gasteiger partial charge in [0.15, 0.2) is 0 Å². The van der Waals surface area contributed by atoms with Gasteiger partial charge in [-0.1, -0.05) is 12.1 Å². The number of rotatable bonds is 5. The molecule has 1 aliphatic heterocycles. The fraction of sp³-hybridized carbons (Fsp3) is 0.533. The van der Waals surface area contributed by atoms with E-state index in [-0.39, 0.29) is 0 Å². The number of hydrogen-bond donors (Lipinski definition) is 1. The highest BCUT2D eigenvalue weighted by atomic mass is 16.5. The van der Waals surface area contributed by atoms with E-state index in [0.29, 0.717) is 6.61 Å². The van der Waals surface area contributed by atoms with Crippen LogP contribution in [0.25, 0.3) is 0 Å². The summed E-state index contributed by atoms with van der Waals surface area (Å²) in [5.74, 6) is 0.142. The van der Waals surface area contributed by atoms with Crippen LogP contribution in [-0.2, 0) is 4.79 Å². The van der Waals surface area contributed by atoms with Gasteiger partial charge in [-0.25, -0.2) is 0 Å². The zero-order valence-corrected chi connectivity index (χ0v) is 12.1. The Hall–Kier alpha value is -1.75. The molecule has 0 aromatic heterocycles. The van der Waals surface area contributed by atoms with Crippen LogP contribution in [0, 0.1) is 0 Å². The molecule has 1 saturated heterocycles. The Kier molecular flexibility index (Phi) is 4.84. The summed E-state index contributed by atoms with van der Waals surface area (Å²) in [5, 5.41) is 9.06. The molecule has 0 saturated carbocycles. The van der Waals surface area contributed by atoms with Gasteiger partial charge in [-0.2, -0.15) is 0 Å². The van der Waals surface area contributed by atoms with Gasteiger partial charge >= 0.3 is 5.97 Å². The Morgan fingerprint density at radius 2 is 1.95 bits per heavy atom. The average Bonchev–Trinajstić information content (AvgIpc) is 2.47. The van der Waals surface area contributed by atoms with E-state index in [4.69, 9.17) is 9.84 Å². The van der Waals surface area contributed by atoms with Crippen molar-refractivity contribution in [2.75, 3.05) is 37.7 Å². The van der Waals surface area contributed by atoms with Gasteiger partial charge in [-0.05, 0) is 26.0 Å². The molecule has 1 N–H and O–H groups in total. The van der Waals surface area contributed by atoms with Crippen LogP contribution in [0.2, 0.25) is 0 Å². The number of hydrogen-bond acceptors (Lipinski definition) is 4. The van der Waals surface area contributed by atoms with Crippen LogP contribution in [-0.4, -0.2) is 54.8 Å². The van der Waals surface area contributed by atoms with E-state index in [9.17, 15) is 4.79 Å². The highest BCUT2D eigenvalue weighted by molar-refractivity contribution is 5.73. The maximum absolute atomic E-state index is 11.0. The molecular formula is C15H22N2O3. The fourth-order valence-corrected chi connectivity index (χ4v) is 2.50. The number of aliphatic carboxylic acids is 1. The minimum atomic E-state index is -0.756. The van der Waals surface area contributed by atoms with Crippen LogP contribution in [0.15, 0.2) is 24.3 Å². The molecule has 1 atom stereocenters. The van der Waals surface area contributed by atoms with E-state index in [1.165, 1.54) is 0 Å². The summed E-state index contributed by atoms with van der Waals surface area (Å²) in [4.78, 5) is 15.3. The van der Waals surface area contributed by atoms with E-state index in [2.05, 4.69) is 11.0 Å². The van der Waals surface area contributed by atoms with Crippen LogP contribution in [0.3, 0.4) is 0 Å². The molecule has 1 unspecified atom stereocenters. The molecule has 5 heteroatoms. The Morgan fingerprint density at radius 1 is 1.30 bits per heavy atom. The molecule has 0 aliphatic carbocycles. The third-order valence-corrected chi connectivity index (χ3v) is 3.73. The van der Waals surface area contributed by atoms with Gasteiger partial charge in [0.05, 0.1) is 12.3 Å². The normalized spacial score (nSPS) is 17.8. The Bertz CT molecular complexity index is 456. The summed E-state index contributed by atoms with van der Waals surface area (Å²) >= 11 is 0. The molecule has 20 heavy (non-hydrogen) atoms. The summed E-state index contributed by atoms with van der Waals surface area (Å²) in [6.07, 6.45) is 0. The van der Waals surface area contributed by atoms with Crippen LogP contribution in [0.1, 0.15) is 13.8 Å². The maximum atomic E-state index is 11.0. The lowest BCUT2D eigenvalue weighted by Crippen LogP contribution is -2.51. The maximum Gasteiger partial charge on any atom is 0.320 e. The number of carboxylic acid groups (broad SMARTS) is 1. The van der Waals surface area contributed by atoms with Crippen molar-refractivity contribution < 1.29 is 14.6 Å². The first-order chi connectivity index (χ1) is 9.63. The van der Waals surface area contributed by atoms with Crippen molar-refractivity contribution in [3.05, 3.63) is 24.3 Å². The van der Waals surface area contributed by atoms with Crippen molar-refractivity contribution >= 4 is 11.7 Å². The number of anilines is 1. The van der Waals surface area contributed by atoms with E-state index >= 15 is 0 Å². The summed E-state index contributed by atoms with van der Waals surface area (Å²) in [7, 11) is 0. The number of carboxylic acids is 1. The zero-order valence-electron chi connectivity index (χ0n) is 12.1. The van der Waals surface area contributed by atoms with Crippen molar-refractivity contribution in [3.63, 3.8) is 0 Å². The third-order valence-electron chi connectivity index (χ3n) is 3.73. The van der Waals surface area contributed by atoms with Gasteiger partial charge in [-0.15, -0.1) is 0 Å². The molecular weight excluding hydrogens is 256 g/mol. The molecule has 0 bridgehead atoms. The molecule has 5 nitrogen and oxygen atoms in total. The molecule has 2 rings (SSSR count). The number of ether oxygens (including phenoxy) is 1. The lowest BCUT2D eigenvalue weighted by molar-refractivity contribution is -0.142. The number of piperazine rings is 1. The van der Waals surface area contributed by atoms with E-state index in [1.807, 2.05) is 30.0 Å². The SMILES string of the molecule is CCOc1ccccc1N1CCN(C(C)C(=O)O)CC1. The van der Waals surface area contributed by atoms with E-state index in [1.54, 1.807) is 6.92 Å². The first-order valence-corrected chi connectivity index (χ1v) is 7.07. The van der Waals surface area contributed by atoms with Crippen molar-refractivity contribution in [3.8, 4) is 5.75 Å². The van der Waals surface area contributed by atoms with Crippen molar-refractivity contribution in [2.45, 2.75) is 19.9 Å². The minimum absolute atomic E-state index is 0.417. The average molecular weight is 278 g/mol. The van der Waals surface area contributed by atoms with Gasteiger partial charge in [0.1, 0.15) is 11.8 Å². The second kappa shape index (κ2) is 6.61. The van der Waals surface area contributed by atoms with Crippen molar-refractivity contribution in [1.29, 1.82) is 0 Å². The largest absolute Gasteiger partial charge is 0.492 e. The van der Waals surface area contributed by atoms with Crippen LogP contribution < -0.4 is 9.64 Å². The molecule has 0 amide bonds. The lowest BCUT2D eigenvalue weighted by Gasteiger charge is -2.38. The number of carbonyl (C=O) groups is 1. The third kappa shape index (κ3) is 3.22. The highest BCUT2D eigenvalue weighted by Crippen LogP contribution is 2.28. The first-order valence-electron chi connectivity index (χ1n) is 7.07. The topological polar surface area (TPSA) is 53.0 Å². The van der Waals surface area contributed by atoms with Crippen LogP contribution in [0.5, 0.6) is 5.75 Å². The van der Waals surface area contributed by atoms with Crippen molar-refractivity contribution in [1.82, 2.24) is 4.90 Å². The monoisotopic (exact) mass is 278 g/mol. The molecule has 110 valence electrons. The molecule has 0 radical (unpaired) electrons. The fourth-order valence-electron chi connectivity index (χ4n) is 2.50. The predicted molar refractivity (Wildman–Crippen MR) is 78.5 cm³/mol. The Morgan fingerprint density at radius 3 is 2.55 bits per heavy atom. The Balaban J connectivity index is 2.02. The van der Waals surface area contributed by atoms with Crippen LogP contribution in [0.4, 0.5) is 5.69 Å². The number of nitrogens with zero attached hydrogens (tertiary/aromatic N) is 2. The predicted octanol–water partition coefficient (Wildman–Crippen LogP) is 1.68. The van der Waals surface area contributed by atoms with Gasteiger partial charge in [-0.3, -0.25) is 9.69 Å². The van der Waals surface area contributed by atoms with E-state index in [0.717, 1.165) is 37.6 Å². The number of benzene rings is 1. The molecule has 1 aliphatic rings. The smallest absolute Gasteiger partial charge is 0.320 e. The minimum Gasteiger partial charge on any atom is -0.492 e. The summed E-state index contributed by atoms with van der Waals surface area (Å²) in [6, 6.07) is 7.59. The van der Waals surface area contributed by atoms with Gasteiger partial charge < -0.3 is 14.7 Å². The quantitative estimate of drug-likeness (QED) is 0.888. The second-order valence-corrected chi connectivity index (χ2v) is 4.94. The summed E-state index contributed by atoms with van der Waals surface area (Å²) in [6.45, 7) is 7.52. The number of para-hydroxylation sites is 2. The molecule has 1 aromatic carbocycles. The van der Waals surface area contributed by atoms with Gasteiger partial charge in [0, 0.05) is 26.2 Å². The second-order valence-electron chi connectivity index (χ2n) is 4.94. The highest BCUT2D eigenvalue weighted by Gasteiger charge is 2.26.